The van der Waals surface area contributed by atoms with Gasteiger partial charge < -0.3 is 0 Å². The van der Waals surface area contributed by atoms with E-state index in [1.807, 2.05) is 0 Å². The van der Waals surface area contributed by atoms with E-state index in [0.717, 1.165) is 6.42 Å². The molecule has 0 N–H and O–H groups in total. The fourth-order valence-electron chi connectivity index (χ4n) is 2.86. The van der Waals surface area contributed by atoms with Gasteiger partial charge >= 0.3 is 0 Å². The number of rotatable bonds is 3. The summed E-state index contributed by atoms with van der Waals surface area (Å²) in [6, 6.07) is 21.5. The van der Waals surface area contributed by atoms with Crippen molar-refractivity contribution in [3.8, 4) is 0 Å². The summed E-state index contributed by atoms with van der Waals surface area (Å²) in [4.78, 5) is 0. The minimum absolute atomic E-state index is 0.0202. The summed E-state index contributed by atoms with van der Waals surface area (Å²) in [6.45, 7) is 4.25. The average molecular weight is 295 g/mol. The lowest BCUT2D eigenvalue weighted by atomic mass is 9.97. The summed E-state index contributed by atoms with van der Waals surface area (Å²) >= 11 is 6.65. The van der Waals surface area contributed by atoms with Crippen LogP contribution in [0.1, 0.15) is 27.6 Å². The second-order valence-electron chi connectivity index (χ2n) is 5.71. The van der Waals surface area contributed by atoms with Crippen molar-refractivity contribution in [1.29, 1.82) is 0 Å². The molecule has 0 fully saturated rings. The van der Waals surface area contributed by atoms with Crippen molar-refractivity contribution < 1.29 is 0 Å². The van der Waals surface area contributed by atoms with Gasteiger partial charge in [0, 0.05) is 0 Å². The molecule has 3 rings (SSSR count). The monoisotopic (exact) mass is 294 g/mol. The maximum absolute atomic E-state index is 6.65. The topological polar surface area (TPSA) is 0 Å². The van der Waals surface area contributed by atoms with Crippen LogP contribution in [0.2, 0.25) is 0 Å². The van der Waals surface area contributed by atoms with E-state index in [9.17, 15) is 0 Å². The van der Waals surface area contributed by atoms with Gasteiger partial charge in [0.1, 0.15) is 0 Å². The molecule has 0 saturated heterocycles. The standard InChI is InChI=1S/C20H19Cl/c1-14-7-10-19(15(2)11-14)20(21)13-16-8-9-17-5-3-4-6-18(17)12-16/h3-12,20H,13H2,1-2H3. The molecule has 0 nitrogen and oxygen atoms in total. The molecule has 0 aromatic heterocycles. The van der Waals surface area contributed by atoms with E-state index in [1.54, 1.807) is 0 Å². The molecule has 0 radical (unpaired) electrons. The molecule has 106 valence electrons. The van der Waals surface area contributed by atoms with Crippen molar-refractivity contribution in [3.05, 3.63) is 82.9 Å². The molecule has 3 aromatic carbocycles. The summed E-state index contributed by atoms with van der Waals surface area (Å²) in [5.41, 5.74) is 5.07. The quantitative estimate of drug-likeness (QED) is 0.521. The summed E-state index contributed by atoms with van der Waals surface area (Å²) in [5.74, 6) is 0. The number of fused-ring (bicyclic) bond motifs is 1. The Kier molecular flexibility index (Phi) is 3.98. The lowest BCUT2D eigenvalue weighted by Gasteiger charge is -2.14. The first-order valence-electron chi connectivity index (χ1n) is 7.32. The van der Waals surface area contributed by atoms with Gasteiger partial charge in [-0.25, -0.2) is 0 Å². The van der Waals surface area contributed by atoms with Crippen molar-refractivity contribution in [2.45, 2.75) is 25.6 Å². The lowest BCUT2D eigenvalue weighted by Crippen LogP contribution is -1.99. The predicted octanol–water partition coefficient (Wildman–Crippen LogP) is 5.98. The van der Waals surface area contributed by atoms with Gasteiger partial charge in [0.25, 0.3) is 0 Å². The summed E-state index contributed by atoms with van der Waals surface area (Å²) < 4.78 is 0. The molecule has 0 amide bonds. The van der Waals surface area contributed by atoms with Crippen LogP contribution in [0.25, 0.3) is 10.8 Å². The van der Waals surface area contributed by atoms with Gasteiger partial charge in [-0.2, -0.15) is 0 Å². The average Bonchev–Trinajstić information content (AvgIpc) is 2.47. The third-order valence-corrected chi connectivity index (χ3v) is 4.38. The van der Waals surface area contributed by atoms with Crippen molar-refractivity contribution in [3.63, 3.8) is 0 Å². The van der Waals surface area contributed by atoms with E-state index in [4.69, 9.17) is 11.6 Å². The van der Waals surface area contributed by atoms with Crippen LogP contribution in [0, 0.1) is 13.8 Å². The van der Waals surface area contributed by atoms with E-state index in [1.165, 1.54) is 33.0 Å². The van der Waals surface area contributed by atoms with Crippen LogP contribution in [-0.2, 0) is 6.42 Å². The van der Waals surface area contributed by atoms with E-state index < -0.39 is 0 Å². The Balaban J connectivity index is 1.87. The molecule has 1 heteroatoms. The van der Waals surface area contributed by atoms with E-state index in [-0.39, 0.29) is 5.38 Å². The number of benzene rings is 3. The van der Waals surface area contributed by atoms with Crippen LogP contribution in [-0.4, -0.2) is 0 Å². The molecule has 21 heavy (non-hydrogen) atoms. The fourth-order valence-corrected chi connectivity index (χ4v) is 3.28. The zero-order valence-corrected chi connectivity index (χ0v) is 13.2. The van der Waals surface area contributed by atoms with Crippen molar-refractivity contribution in [1.82, 2.24) is 0 Å². The molecule has 0 aliphatic rings. The summed E-state index contributed by atoms with van der Waals surface area (Å²) in [6.07, 6.45) is 0.857. The Morgan fingerprint density at radius 3 is 2.38 bits per heavy atom. The molecule has 0 aliphatic heterocycles. The molecule has 0 aliphatic carbocycles. The van der Waals surface area contributed by atoms with E-state index in [2.05, 4.69) is 74.5 Å². The van der Waals surface area contributed by atoms with Crippen LogP contribution >= 0.6 is 11.6 Å². The van der Waals surface area contributed by atoms with Crippen LogP contribution in [0.4, 0.5) is 0 Å². The van der Waals surface area contributed by atoms with Gasteiger partial charge in [-0.15, -0.1) is 11.6 Å². The molecular weight excluding hydrogens is 276 g/mol. The zero-order chi connectivity index (χ0) is 14.8. The highest BCUT2D eigenvalue weighted by atomic mass is 35.5. The van der Waals surface area contributed by atoms with Crippen LogP contribution in [0.3, 0.4) is 0 Å². The van der Waals surface area contributed by atoms with Gasteiger partial charge in [0.05, 0.1) is 5.38 Å². The molecule has 0 bridgehead atoms. The van der Waals surface area contributed by atoms with Crippen LogP contribution in [0.15, 0.2) is 60.7 Å². The molecule has 0 saturated carbocycles. The molecule has 0 heterocycles. The van der Waals surface area contributed by atoms with E-state index in [0.29, 0.717) is 0 Å². The smallest absolute Gasteiger partial charge is 0.0628 e. The van der Waals surface area contributed by atoms with Crippen molar-refractivity contribution in [2.24, 2.45) is 0 Å². The zero-order valence-electron chi connectivity index (χ0n) is 12.4. The number of hydrogen-bond acceptors (Lipinski definition) is 0. The highest BCUT2D eigenvalue weighted by Crippen LogP contribution is 2.29. The SMILES string of the molecule is Cc1ccc(C(Cl)Cc2ccc3ccccc3c2)c(C)c1. The highest BCUT2D eigenvalue weighted by molar-refractivity contribution is 6.21. The summed E-state index contributed by atoms with van der Waals surface area (Å²) in [7, 11) is 0. The Bertz CT molecular complexity index is 774. The first kappa shape index (κ1) is 14.2. The van der Waals surface area contributed by atoms with Gasteiger partial charge in [-0.1, -0.05) is 66.2 Å². The molecule has 1 atom stereocenters. The summed E-state index contributed by atoms with van der Waals surface area (Å²) in [5, 5.41) is 2.57. The van der Waals surface area contributed by atoms with Gasteiger partial charge in [-0.3, -0.25) is 0 Å². The number of hydrogen-bond donors (Lipinski definition) is 0. The Morgan fingerprint density at radius 1 is 0.857 bits per heavy atom. The van der Waals surface area contributed by atoms with E-state index >= 15 is 0 Å². The molecular formula is C20H19Cl. The Labute approximate surface area is 131 Å². The Hall–Kier alpha value is -1.79. The highest BCUT2D eigenvalue weighted by Gasteiger charge is 2.12. The Morgan fingerprint density at radius 2 is 1.62 bits per heavy atom. The minimum Gasteiger partial charge on any atom is -0.117 e. The van der Waals surface area contributed by atoms with Crippen molar-refractivity contribution in [2.75, 3.05) is 0 Å². The van der Waals surface area contributed by atoms with Gasteiger partial charge in [0.2, 0.25) is 0 Å². The molecule has 1 unspecified atom stereocenters. The maximum Gasteiger partial charge on any atom is 0.0628 e. The lowest BCUT2D eigenvalue weighted by molar-refractivity contribution is 0.910. The number of halogens is 1. The first-order chi connectivity index (χ1) is 10.1. The first-order valence-corrected chi connectivity index (χ1v) is 7.76. The second-order valence-corrected chi connectivity index (χ2v) is 6.24. The second kappa shape index (κ2) is 5.91. The maximum atomic E-state index is 6.65. The molecule has 0 spiro atoms. The third kappa shape index (κ3) is 3.11. The number of alkyl halides is 1. The van der Waals surface area contributed by atoms with Gasteiger partial charge in [0.15, 0.2) is 0 Å². The van der Waals surface area contributed by atoms with Crippen LogP contribution < -0.4 is 0 Å². The molecule has 3 aromatic rings. The predicted molar refractivity (Wildman–Crippen MR) is 92.2 cm³/mol. The largest absolute Gasteiger partial charge is 0.117 e. The van der Waals surface area contributed by atoms with Crippen molar-refractivity contribution >= 4 is 22.4 Å². The minimum atomic E-state index is 0.0202. The number of aryl methyl sites for hydroxylation is 2. The van der Waals surface area contributed by atoms with Crippen LogP contribution in [0.5, 0.6) is 0 Å². The third-order valence-electron chi connectivity index (χ3n) is 3.99. The fraction of sp³-hybridized carbons (Fsp3) is 0.200. The normalized spacial score (nSPS) is 12.5. The van der Waals surface area contributed by atoms with Gasteiger partial charge in [-0.05, 0) is 47.7 Å².